The van der Waals surface area contributed by atoms with Gasteiger partial charge in [-0.05, 0) is 77.0 Å². The summed E-state index contributed by atoms with van der Waals surface area (Å²) in [5.74, 6) is 2.07. The van der Waals surface area contributed by atoms with Crippen molar-refractivity contribution in [2.75, 3.05) is 20.8 Å². The van der Waals surface area contributed by atoms with E-state index in [-0.39, 0.29) is 0 Å². The maximum absolute atomic E-state index is 12.3. The number of ether oxygens (including phenoxy) is 4. The quantitative estimate of drug-likeness (QED) is 0.484. The lowest BCUT2D eigenvalue weighted by Crippen LogP contribution is -1.98. The Labute approximate surface area is 166 Å². The van der Waals surface area contributed by atoms with E-state index in [1.165, 1.54) is 0 Å². The molecule has 6 heteroatoms. The molecule has 1 aliphatic rings. The zero-order valence-corrected chi connectivity index (χ0v) is 16.8. The molecular weight excluding hydrogens is 412 g/mol. The normalized spacial score (nSPS) is 14.7. The smallest absolute Gasteiger partial charge is 0.343 e. The van der Waals surface area contributed by atoms with Gasteiger partial charge in [0.15, 0.2) is 11.5 Å². The van der Waals surface area contributed by atoms with Gasteiger partial charge in [0.05, 0.1) is 30.9 Å². The highest BCUT2D eigenvalue weighted by molar-refractivity contribution is 9.10. The number of hydrogen-bond donors (Lipinski definition) is 0. The van der Waals surface area contributed by atoms with Gasteiger partial charge < -0.3 is 18.9 Å². The average molecular weight is 431 g/mol. The second-order valence-electron chi connectivity index (χ2n) is 5.69. The third kappa shape index (κ3) is 4.17. The monoisotopic (exact) mass is 430 g/mol. The van der Waals surface area contributed by atoms with Crippen molar-refractivity contribution < 1.29 is 23.7 Å². The fraction of sp³-hybridized carbons (Fsp3) is 0.190. The standard InChI is InChI=1S/C21H19BrO5/c1-4-26-20-17(22)10-13(11-19(20)25-3)9-15-12-18(27-21(15)23)14-5-7-16(24-2)8-6-14/h5-12H,4H2,1-3H3/b15-9-. The third-order valence-electron chi connectivity index (χ3n) is 3.96. The number of carbonyl (C=O) groups excluding carboxylic acids is 1. The van der Waals surface area contributed by atoms with E-state index in [2.05, 4.69) is 15.9 Å². The lowest BCUT2D eigenvalue weighted by Gasteiger charge is -2.12. The molecule has 0 fully saturated rings. The first-order chi connectivity index (χ1) is 13.0. The number of carbonyl (C=O) groups is 1. The largest absolute Gasteiger partial charge is 0.497 e. The number of cyclic esters (lactones) is 1. The van der Waals surface area contributed by atoms with Crippen molar-refractivity contribution in [1.29, 1.82) is 0 Å². The summed E-state index contributed by atoms with van der Waals surface area (Å²) in [6.45, 7) is 2.43. The number of esters is 1. The van der Waals surface area contributed by atoms with Crippen molar-refractivity contribution in [3.63, 3.8) is 0 Å². The first-order valence-corrected chi connectivity index (χ1v) is 9.15. The maximum atomic E-state index is 12.3. The maximum Gasteiger partial charge on any atom is 0.343 e. The predicted octanol–water partition coefficient (Wildman–Crippen LogP) is 4.85. The van der Waals surface area contributed by atoms with E-state index in [1.807, 2.05) is 43.3 Å². The Morgan fingerprint density at radius 2 is 1.85 bits per heavy atom. The summed E-state index contributed by atoms with van der Waals surface area (Å²) in [4.78, 5) is 12.3. The molecule has 0 atom stereocenters. The van der Waals surface area contributed by atoms with Crippen molar-refractivity contribution >= 4 is 33.7 Å². The molecule has 27 heavy (non-hydrogen) atoms. The summed E-state index contributed by atoms with van der Waals surface area (Å²) in [6, 6.07) is 11.0. The summed E-state index contributed by atoms with van der Waals surface area (Å²) < 4.78 is 22.3. The lowest BCUT2D eigenvalue weighted by molar-refractivity contribution is -0.130. The SMILES string of the molecule is CCOc1c(Br)cc(/C=C2/C=C(c3ccc(OC)cc3)OC2=O)cc1OC. The van der Waals surface area contributed by atoms with E-state index in [9.17, 15) is 4.79 Å². The van der Waals surface area contributed by atoms with Gasteiger partial charge in [0.25, 0.3) is 0 Å². The van der Waals surface area contributed by atoms with Crippen molar-refractivity contribution in [2.24, 2.45) is 0 Å². The molecule has 0 spiro atoms. The molecular formula is C21H19BrO5. The van der Waals surface area contributed by atoms with Gasteiger partial charge in [-0.25, -0.2) is 4.79 Å². The van der Waals surface area contributed by atoms with Crippen LogP contribution in [0.15, 0.2) is 52.5 Å². The van der Waals surface area contributed by atoms with Crippen molar-refractivity contribution in [3.8, 4) is 17.2 Å². The van der Waals surface area contributed by atoms with Crippen molar-refractivity contribution in [2.45, 2.75) is 6.92 Å². The highest BCUT2D eigenvalue weighted by Crippen LogP contribution is 2.38. The third-order valence-corrected chi connectivity index (χ3v) is 4.55. The van der Waals surface area contributed by atoms with Gasteiger partial charge in [-0.2, -0.15) is 0 Å². The molecule has 0 aromatic heterocycles. The molecule has 0 radical (unpaired) electrons. The molecule has 2 aromatic carbocycles. The van der Waals surface area contributed by atoms with Crippen LogP contribution >= 0.6 is 15.9 Å². The number of benzene rings is 2. The molecule has 0 bridgehead atoms. The molecule has 0 N–H and O–H groups in total. The zero-order valence-electron chi connectivity index (χ0n) is 15.2. The van der Waals surface area contributed by atoms with Crippen LogP contribution in [0.1, 0.15) is 18.1 Å². The predicted molar refractivity (Wildman–Crippen MR) is 107 cm³/mol. The molecule has 1 aliphatic heterocycles. The minimum Gasteiger partial charge on any atom is -0.497 e. The molecule has 0 saturated carbocycles. The van der Waals surface area contributed by atoms with Crippen LogP contribution in [0, 0.1) is 0 Å². The second-order valence-corrected chi connectivity index (χ2v) is 6.55. The number of halogens is 1. The van der Waals surface area contributed by atoms with E-state index in [0.29, 0.717) is 29.4 Å². The van der Waals surface area contributed by atoms with Gasteiger partial charge in [0.1, 0.15) is 11.5 Å². The van der Waals surface area contributed by atoms with Crippen LogP contribution in [0.3, 0.4) is 0 Å². The lowest BCUT2D eigenvalue weighted by atomic mass is 10.1. The Balaban J connectivity index is 1.93. The molecule has 0 aliphatic carbocycles. The van der Waals surface area contributed by atoms with E-state index < -0.39 is 5.97 Å². The van der Waals surface area contributed by atoms with Crippen LogP contribution in [0.2, 0.25) is 0 Å². The Hall–Kier alpha value is -2.73. The highest BCUT2D eigenvalue weighted by Gasteiger charge is 2.22. The summed E-state index contributed by atoms with van der Waals surface area (Å²) in [5.41, 5.74) is 2.05. The molecule has 0 saturated heterocycles. The van der Waals surface area contributed by atoms with Gasteiger partial charge >= 0.3 is 5.97 Å². The highest BCUT2D eigenvalue weighted by atomic mass is 79.9. The summed E-state index contributed by atoms with van der Waals surface area (Å²) in [6.07, 6.45) is 3.48. The van der Waals surface area contributed by atoms with E-state index >= 15 is 0 Å². The van der Waals surface area contributed by atoms with E-state index in [1.54, 1.807) is 26.4 Å². The van der Waals surface area contributed by atoms with Crippen LogP contribution < -0.4 is 14.2 Å². The van der Waals surface area contributed by atoms with Gasteiger partial charge in [-0.15, -0.1) is 0 Å². The second kappa shape index (κ2) is 8.31. The molecule has 2 aromatic rings. The topological polar surface area (TPSA) is 54.0 Å². The van der Waals surface area contributed by atoms with Crippen LogP contribution in [-0.2, 0) is 9.53 Å². The van der Waals surface area contributed by atoms with Crippen LogP contribution in [0.4, 0.5) is 0 Å². The molecule has 3 rings (SSSR count). The Kier molecular flexibility index (Phi) is 5.86. The molecule has 0 amide bonds. The van der Waals surface area contributed by atoms with Crippen molar-refractivity contribution in [1.82, 2.24) is 0 Å². The summed E-state index contributed by atoms with van der Waals surface area (Å²) in [7, 11) is 3.18. The van der Waals surface area contributed by atoms with Gasteiger partial charge in [0, 0.05) is 5.56 Å². The number of hydrogen-bond acceptors (Lipinski definition) is 5. The zero-order chi connectivity index (χ0) is 19.4. The van der Waals surface area contributed by atoms with E-state index in [0.717, 1.165) is 21.3 Å². The molecule has 1 heterocycles. The van der Waals surface area contributed by atoms with Gasteiger partial charge in [-0.3, -0.25) is 0 Å². The fourth-order valence-corrected chi connectivity index (χ4v) is 3.25. The first kappa shape index (κ1) is 19.0. The summed E-state index contributed by atoms with van der Waals surface area (Å²) >= 11 is 3.49. The fourth-order valence-electron chi connectivity index (χ4n) is 2.67. The summed E-state index contributed by atoms with van der Waals surface area (Å²) in [5, 5.41) is 0. The molecule has 140 valence electrons. The first-order valence-electron chi connectivity index (χ1n) is 8.36. The minimum absolute atomic E-state index is 0.398. The van der Waals surface area contributed by atoms with Gasteiger partial charge in [-0.1, -0.05) is 0 Å². The average Bonchev–Trinajstić information content (AvgIpc) is 3.04. The molecule has 5 nitrogen and oxygen atoms in total. The van der Waals surface area contributed by atoms with E-state index in [4.69, 9.17) is 18.9 Å². The van der Waals surface area contributed by atoms with Crippen LogP contribution in [-0.4, -0.2) is 26.8 Å². The minimum atomic E-state index is -0.398. The Morgan fingerprint density at radius 3 is 2.48 bits per heavy atom. The Morgan fingerprint density at radius 1 is 1.11 bits per heavy atom. The van der Waals surface area contributed by atoms with Crippen LogP contribution in [0.25, 0.3) is 11.8 Å². The molecule has 0 unspecified atom stereocenters. The number of rotatable bonds is 6. The number of methoxy groups -OCH3 is 2. The van der Waals surface area contributed by atoms with Crippen molar-refractivity contribution in [3.05, 3.63) is 63.6 Å². The van der Waals surface area contributed by atoms with Crippen LogP contribution in [0.5, 0.6) is 17.2 Å². The Bertz CT molecular complexity index is 913. The van der Waals surface area contributed by atoms with Gasteiger partial charge in [0.2, 0.25) is 0 Å².